The molecule has 122 valence electrons. The van der Waals surface area contributed by atoms with Crippen molar-refractivity contribution in [1.29, 1.82) is 0 Å². The Morgan fingerprint density at radius 2 is 2.05 bits per heavy atom. The number of ether oxygens (including phenoxy) is 2. The van der Waals surface area contributed by atoms with Crippen LogP contribution in [0.4, 0.5) is 0 Å². The molecule has 0 radical (unpaired) electrons. The van der Waals surface area contributed by atoms with Gasteiger partial charge in [0.2, 0.25) is 12.2 Å². The first-order valence-electron chi connectivity index (χ1n) is 6.74. The molecule has 1 saturated heterocycles. The van der Waals surface area contributed by atoms with Crippen LogP contribution in [0.15, 0.2) is 24.3 Å². The van der Waals surface area contributed by atoms with Gasteiger partial charge in [0.15, 0.2) is 0 Å². The van der Waals surface area contributed by atoms with E-state index < -0.39 is 43.2 Å². The van der Waals surface area contributed by atoms with Crippen molar-refractivity contribution in [2.24, 2.45) is 0 Å². The maximum atomic E-state index is 11.3. The molecule has 2 rings (SSSR count). The first-order valence-corrected chi connectivity index (χ1v) is 7.12. The van der Waals surface area contributed by atoms with Gasteiger partial charge < -0.3 is 30.1 Å². The Balaban J connectivity index is 2.23. The van der Waals surface area contributed by atoms with Crippen LogP contribution in [-0.4, -0.2) is 58.5 Å². The number of aliphatic hydroxyl groups is 3. The fourth-order valence-electron chi connectivity index (χ4n) is 2.24. The summed E-state index contributed by atoms with van der Waals surface area (Å²) in [5.74, 6) is -0.125. The minimum absolute atomic E-state index is 0.296. The summed E-state index contributed by atoms with van der Waals surface area (Å²) in [6.07, 6.45) is -4.86. The van der Waals surface area contributed by atoms with Crippen molar-refractivity contribution in [3.05, 3.63) is 29.3 Å². The number of para-hydroxylation sites is 1. The molecule has 4 N–H and O–H groups in total. The highest BCUT2D eigenvalue weighted by atomic mass is 35.5. The molecular formula is C14H18ClNO6. The van der Waals surface area contributed by atoms with E-state index in [0.717, 1.165) is 0 Å². The van der Waals surface area contributed by atoms with Crippen LogP contribution in [0.1, 0.15) is 6.92 Å². The average Bonchev–Trinajstić information content (AvgIpc) is 2.48. The lowest BCUT2D eigenvalue weighted by molar-refractivity contribution is -0.244. The molecule has 1 aromatic carbocycles. The third kappa shape index (κ3) is 3.68. The predicted molar refractivity (Wildman–Crippen MR) is 77.4 cm³/mol. The van der Waals surface area contributed by atoms with Crippen LogP contribution in [0.5, 0.6) is 5.75 Å². The summed E-state index contributed by atoms with van der Waals surface area (Å²) in [5, 5.41) is 32.0. The summed E-state index contributed by atoms with van der Waals surface area (Å²) in [7, 11) is 0. The van der Waals surface area contributed by atoms with E-state index in [9.17, 15) is 20.1 Å². The highest BCUT2D eigenvalue weighted by molar-refractivity contribution is 6.32. The van der Waals surface area contributed by atoms with Gasteiger partial charge in [-0.05, 0) is 12.1 Å². The monoisotopic (exact) mass is 331 g/mol. The second kappa shape index (κ2) is 7.26. The molecule has 5 atom stereocenters. The first kappa shape index (κ1) is 17.0. The van der Waals surface area contributed by atoms with Gasteiger partial charge >= 0.3 is 0 Å². The number of aliphatic hydroxyl groups excluding tert-OH is 3. The molecule has 0 spiro atoms. The zero-order valence-corrected chi connectivity index (χ0v) is 12.6. The molecule has 1 heterocycles. The lowest BCUT2D eigenvalue weighted by Gasteiger charge is -2.42. The molecule has 7 nitrogen and oxygen atoms in total. The smallest absolute Gasteiger partial charge is 0.223 e. The number of halogens is 1. The van der Waals surface area contributed by atoms with E-state index in [4.69, 9.17) is 21.1 Å². The normalized spacial score (nSPS) is 31.6. The van der Waals surface area contributed by atoms with Crippen molar-refractivity contribution in [3.63, 3.8) is 0 Å². The second-order valence-corrected chi connectivity index (χ2v) is 5.39. The van der Waals surface area contributed by atoms with Crippen LogP contribution >= 0.6 is 11.6 Å². The molecular weight excluding hydrogens is 314 g/mol. The number of hydrogen-bond donors (Lipinski definition) is 4. The minimum Gasteiger partial charge on any atom is -0.461 e. The zero-order valence-electron chi connectivity index (χ0n) is 11.8. The molecule has 0 aromatic heterocycles. The number of rotatable bonds is 4. The molecule has 22 heavy (non-hydrogen) atoms. The number of carbonyl (C=O) groups is 1. The lowest BCUT2D eigenvalue weighted by atomic mass is 9.97. The third-order valence-electron chi connectivity index (χ3n) is 3.33. The van der Waals surface area contributed by atoms with E-state index in [-0.39, 0.29) is 0 Å². The van der Waals surface area contributed by atoms with Gasteiger partial charge in [-0.3, -0.25) is 4.79 Å². The molecule has 1 aliphatic heterocycles. The molecule has 0 saturated carbocycles. The topological polar surface area (TPSA) is 108 Å². The Morgan fingerprint density at radius 1 is 1.36 bits per heavy atom. The van der Waals surface area contributed by atoms with Gasteiger partial charge in [0.05, 0.1) is 11.6 Å². The minimum atomic E-state index is -1.36. The van der Waals surface area contributed by atoms with Gasteiger partial charge in [0.1, 0.15) is 30.1 Å². The second-order valence-electron chi connectivity index (χ2n) is 4.98. The standard InChI is InChI=1S/C14H18ClNO6/c1-7(18)16-11-13(20)12(19)10(6-17)22-14(11)21-9-5-3-2-4-8(9)15/h2-5,10-14,17,19-20H,6H2,1H3,(H,16,18)/t10-,11-,12-,13-,14-/m1/s1. The summed E-state index contributed by atoms with van der Waals surface area (Å²) >= 11 is 6.00. The summed E-state index contributed by atoms with van der Waals surface area (Å²) < 4.78 is 11.0. The van der Waals surface area contributed by atoms with Crippen LogP contribution < -0.4 is 10.1 Å². The third-order valence-corrected chi connectivity index (χ3v) is 3.64. The average molecular weight is 332 g/mol. The molecule has 0 unspecified atom stereocenters. The number of carbonyl (C=O) groups excluding carboxylic acids is 1. The fourth-order valence-corrected chi connectivity index (χ4v) is 2.42. The van der Waals surface area contributed by atoms with Gasteiger partial charge in [0.25, 0.3) is 0 Å². The van der Waals surface area contributed by atoms with Crippen molar-refractivity contribution in [1.82, 2.24) is 5.32 Å². The number of amides is 1. The van der Waals surface area contributed by atoms with Gasteiger partial charge in [-0.2, -0.15) is 0 Å². The van der Waals surface area contributed by atoms with Gasteiger partial charge in [-0.25, -0.2) is 0 Å². The predicted octanol–water partition coefficient (Wildman–Crippen LogP) is -0.338. The molecule has 8 heteroatoms. The van der Waals surface area contributed by atoms with Crippen molar-refractivity contribution in [2.45, 2.75) is 37.6 Å². The van der Waals surface area contributed by atoms with Gasteiger partial charge in [-0.1, -0.05) is 23.7 Å². The van der Waals surface area contributed by atoms with Gasteiger partial charge in [-0.15, -0.1) is 0 Å². The van der Waals surface area contributed by atoms with E-state index in [0.29, 0.717) is 10.8 Å². The molecule has 0 aliphatic carbocycles. The quantitative estimate of drug-likeness (QED) is 0.601. The highest BCUT2D eigenvalue weighted by Gasteiger charge is 2.46. The van der Waals surface area contributed by atoms with E-state index >= 15 is 0 Å². The van der Waals surface area contributed by atoms with E-state index in [1.807, 2.05) is 0 Å². The maximum Gasteiger partial charge on any atom is 0.223 e. The number of nitrogens with one attached hydrogen (secondary N) is 1. The van der Waals surface area contributed by atoms with E-state index in [2.05, 4.69) is 5.32 Å². The molecule has 0 bridgehead atoms. The first-order chi connectivity index (χ1) is 10.4. The molecule has 1 amide bonds. The van der Waals surface area contributed by atoms with E-state index in [1.165, 1.54) is 6.92 Å². The van der Waals surface area contributed by atoms with Crippen LogP contribution in [0.25, 0.3) is 0 Å². The Hall–Kier alpha value is -1.38. The van der Waals surface area contributed by atoms with Crippen molar-refractivity contribution in [3.8, 4) is 5.75 Å². The Kier molecular flexibility index (Phi) is 5.60. The highest BCUT2D eigenvalue weighted by Crippen LogP contribution is 2.28. The van der Waals surface area contributed by atoms with Gasteiger partial charge in [0, 0.05) is 6.92 Å². The number of hydrogen-bond acceptors (Lipinski definition) is 6. The number of benzene rings is 1. The zero-order chi connectivity index (χ0) is 16.3. The van der Waals surface area contributed by atoms with Crippen LogP contribution in [0.3, 0.4) is 0 Å². The van der Waals surface area contributed by atoms with Crippen LogP contribution in [-0.2, 0) is 9.53 Å². The molecule has 1 aliphatic rings. The van der Waals surface area contributed by atoms with Crippen LogP contribution in [0, 0.1) is 0 Å². The molecule has 1 aromatic rings. The Morgan fingerprint density at radius 3 is 2.64 bits per heavy atom. The van der Waals surface area contributed by atoms with Crippen LogP contribution in [0.2, 0.25) is 5.02 Å². The van der Waals surface area contributed by atoms with E-state index in [1.54, 1.807) is 24.3 Å². The summed E-state index contributed by atoms with van der Waals surface area (Å²) in [6, 6.07) is 5.62. The maximum absolute atomic E-state index is 11.3. The molecule has 1 fully saturated rings. The van der Waals surface area contributed by atoms with Crippen molar-refractivity contribution >= 4 is 17.5 Å². The fraction of sp³-hybridized carbons (Fsp3) is 0.500. The van der Waals surface area contributed by atoms with Crippen molar-refractivity contribution < 1.29 is 29.6 Å². The largest absolute Gasteiger partial charge is 0.461 e. The lowest BCUT2D eigenvalue weighted by Crippen LogP contribution is -2.65. The van der Waals surface area contributed by atoms with Crippen molar-refractivity contribution in [2.75, 3.05) is 6.61 Å². The summed E-state index contributed by atoms with van der Waals surface area (Å²) in [5.41, 5.74) is 0. The Labute approximate surface area is 132 Å². The Bertz CT molecular complexity index is 528. The SMILES string of the molecule is CC(=O)N[C@H]1[C@H](Oc2ccccc2Cl)O[C@H](CO)[C@@H](O)[C@@H]1O. The summed E-state index contributed by atoms with van der Waals surface area (Å²) in [4.78, 5) is 11.3. The summed E-state index contributed by atoms with van der Waals surface area (Å²) in [6.45, 7) is 0.761.